The summed E-state index contributed by atoms with van der Waals surface area (Å²) in [5.74, 6) is -0.555. The van der Waals surface area contributed by atoms with Crippen LogP contribution in [0.3, 0.4) is 0 Å². The first-order valence-corrected chi connectivity index (χ1v) is 11.0. The van der Waals surface area contributed by atoms with Crippen molar-refractivity contribution in [3.8, 4) is 11.1 Å². The number of hydrogen-bond acceptors (Lipinski definition) is 4. The molecule has 3 nitrogen and oxygen atoms in total. The van der Waals surface area contributed by atoms with Crippen molar-refractivity contribution in [2.24, 2.45) is 11.8 Å². The summed E-state index contributed by atoms with van der Waals surface area (Å²) in [5.41, 5.74) is 3.84. The fourth-order valence-electron chi connectivity index (χ4n) is 5.37. The van der Waals surface area contributed by atoms with Crippen molar-refractivity contribution in [2.45, 2.75) is 50.4 Å². The van der Waals surface area contributed by atoms with Crippen LogP contribution in [-0.2, 0) is 16.0 Å². The molecular formula is C21H20Cl2O3S. The van der Waals surface area contributed by atoms with Crippen LogP contribution in [0.5, 0.6) is 0 Å². The van der Waals surface area contributed by atoms with Gasteiger partial charge in [-0.2, -0.15) is 0 Å². The van der Waals surface area contributed by atoms with E-state index >= 15 is 0 Å². The second kappa shape index (κ2) is 6.57. The average Bonchev–Trinajstić information content (AvgIpc) is 3.39. The van der Waals surface area contributed by atoms with Crippen molar-refractivity contribution in [2.75, 3.05) is 0 Å². The van der Waals surface area contributed by atoms with Gasteiger partial charge in [0.1, 0.15) is 10.1 Å². The Balaban J connectivity index is 1.59. The Hall–Kier alpha value is -0.910. The molecule has 1 aliphatic carbocycles. The number of hydrogen-bond donors (Lipinski definition) is 1. The minimum Gasteiger partial charge on any atom is -0.392 e. The van der Waals surface area contributed by atoms with Gasteiger partial charge in [-0.15, -0.1) is 11.3 Å². The molecule has 0 spiro atoms. The van der Waals surface area contributed by atoms with Gasteiger partial charge in [0.15, 0.2) is 0 Å². The smallest absolute Gasteiger partial charge is 0.149 e. The molecule has 6 unspecified atom stereocenters. The van der Waals surface area contributed by atoms with Crippen molar-refractivity contribution in [3.05, 3.63) is 44.1 Å². The van der Waals surface area contributed by atoms with E-state index in [1.807, 2.05) is 24.3 Å². The molecule has 3 fully saturated rings. The van der Waals surface area contributed by atoms with Crippen molar-refractivity contribution in [3.63, 3.8) is 0 Å². The van der Waals surface area contributed by atoms with E-state index in [-0.39, 0.29) is 29.8 Å². The van der Waals surface area contributed by atoms with Crippen LogP contribution in [0.2, 0.25) is 8.67 Å². The third-order valence-corrected chi connectivity index (χ3v) is 8.02. The van der Waals surface area contributed by atoms with Gasteiger partial charge in [-0.3, -0.25) is 4.79 Å². The lowest BCUT2D eigenvalue weighted by atomic mass is 9.81. The van der Waals surface area contributed by atoms with E-state index in [2.05, 4.69) is 6.92 Å². The Kier molecular flexibility index (Phi) is 4.41. The lowest BCUT2D eigenvalue weighted by Crippen LogP contribution is -2.31. The monoisotopic (exact) mass is 422 g/mol. The van der Waals surface area contributed by atoms with Crippen molar-refractivity contribution in [1.29, 1.82) is 0 Å². The first-order valence-electron chi connectivity index (χ1n) is 9.45. The number of thiophene rings is 1. The first kappa shape index (κ1) is 18.1. The zero-order valence-corrected chi connectivity index (χ0v) is 17.2. The van der Waals surface area contributed by atoms with E-state index in [0.717, 1.165) is 41.5 Å². The molecule has 0 radical (unpaired) electrons. The highest BCUT2D eigenvalue weighted by molar-refractivity contribution is 7.20. The highest BCUT2D eigenvalue weighted by Crippen LogP contribution is 2.54. The summed E-state index contributed by atoms with van der Waals surface area (Å²) in [7, 11) is 0. The number of rotatable bonds is 3. The SMILES string of the molecule is CCc1ccc(-c2cc(Cl)sc2Cl)cc1C1C(=O)C2C3CCC(O3)C2C1O. The van der Waals surface area contributed by atoms with Crippen molar-refractivity contribution < 1.29 is 14.6 Å². The largest absolute Gasteiger partial charge is 0.392 e. The summed E-state index contributed by atoms with van der Waals surface area (Å²) in [6.45, 7) is 2.08. The van der Waals surface area contributed by atoms with E-state index in [4.69, 9.17) is 27.9 Å². The standard InChI is InChI=1S/C21H20Cl2O3S/c1-2-9-3-4-10(12-8-15(22)27-21(12)23)7-11(9)16-19(24)17-13-5-6-14(26-13)18(17)20(16)25/h3-4,7-8,13-14,16-19,24H,2,5-6H2,1H3. The number of aliphatic hydroxyl groups is 1. The van der Waals surface area contributed by atoms with E-state index in [1.54, 1.807) is 0 Å². The van der Waals surface area contributed by atoms with Crippen LogP contribution in [0.1, 0.15) is 36.8 Å². The Bertz CT molecular complexity index is 924. The summed E-state index contributed by atoms with van der Waals surface area (Å²) in [4.78, 5) is 13.3. The molecule has 2 aliphatic heterocycles. The summed E-state index contributed by atoms with van der Waals surface area (Å²) in [5, 5.41) is 11.1. The second-order valence-electron chi connectivity index (χ2n) is 7.77. The molecule has 2 aromatic rings. The zero-order valence-electron chi connectivity index (χ0n) is 14.8. The number of fused-ring (bicyclic) bond motifs is 5. The van der Waals surface area contributed by atoms with Gasteiger partial charge >= 0.3 is 0 Å². The quantitative estimate of drug-likeness (QED) is 0.747. The van der Waals surface area contributed by atoms with Gasteiger partial charge in [0.25, 0.3) is 0 Å². The molecule has 6 heteroatoms. The minimum atomic E-state index is -0.681. The van der Waals surface area contributed by atoms with Crippen LogP contribution in [0.25, 0.3) is 11.1 Å². The first-order chi connectivity index (χ1) is 13.0. The van der Waals surface area contributed by atoms with Gasteiger partial charge in [-0.1, -0.05) is 42.3 Å². The summed E-state index contributed by atoms with van der Waals surface area (Å²) >= 11 is 13.8. The Morgan fingerprint density at radius 2 is 2.00 bits per heavy atom. The number of Topliss-reactive ketones (excluding diaryl/α,β-unsaturated/α-hetero) is 1. The van der Waals surface area contributed by atoms with Crippen LogP contribution in [0, 0.1) is 11.8 Å². The van der Waals surface area contributed by atoms with Gasteiger partial charge < -0.3 is 9.84 Å². The van der Waals surface area contributed by atoms with Gasteiger partial charge in [-0.05, 0) is 48.1 Å². The number of halogens is 2. The van der Waals surface area contributed by atoms with Gasteiger partial charge in [-0.25, -0.2) is 0 Å². The molecule has 1 aromatic heterocycles. The third kappa shape index (κ3) is 2.65. The lowest BCUT2D eigenvalue weighted by Gasteiger charge is -2.24. The van der Waals surface area contributed by atoms with E-state index < -0.39 is 12.0 Å². The number of aliphatic hydroxyl groups excluding tert-OH is 1. The number of ketones is 1. The molecule has 2 bridgehead atoms. The Labute approximate surface area is 172 Å². The van der Waals surface area contributed by atoms with Crippen LogP contribution in [0.15, 0.2) is 24.3 Å². The maximum atomic E-state index is 13.3. The molecule has 2 saturated heterocycles. The average molecular weight is 423 g/mol. The number of aryl methyl sites for hydroxylation is 1. The topological polar surface area (TPSA) is 46.5 Å². The van der Waals surface area contributed by atoms with Crippen molar-refractivity contribution >= 4 is 40.3 Å². The summed E-state index contributed by atoms with van der Waals surface area (Å²) in [6, 6.07) is 7.95. The van der Waals surface area contributed by atoms with E-state index in [1.165, 1.54) is 11.3 Å². The van der Waals surface area contributed by atoms with Gasteiger partial charge in [0, 0.05) is 11.5 Å². The highest BCUT2D eigenvalue weighted by Gasteiger charge is 2.62. The number of carbonyl (C=O) groups excluding carboxylic acids is 1. The molecule has 142 valence electrons. The fraction of sp³-hybridized carbons (Fsp3) is 0.476. The molecule has 1 N–H and O–H groups in total. The predicted molar refractivity (Wildman–Crippen MR) is 108 cm³/mol. The van der Waals surface area contributed by atoms with Crippen LogP contribution >= 0.6 is 34.5 Å². The molecule has 27 heavy (non-hydrogen) atoms. The molecule has 6 atom stereocenters. The molecule has 0 amide bonds. The normalized spacial score (nSPS) is 34.4. The molecule has 3 aliphatic rings. The molecule has 1 saturated carbocycles. The van der Waals surface area contributed by atoms with Gasteiger partial charge in [0.05, 0.1) is 34.5 Å². The molecular weight excluding hydrogens is 403 g/mol. The Morgan fingerprint density at radius 3 is 2.67 bits per heavy atom. The predicted octanol–water partition coefficient (Wildman–Crippen LogP) is 5.11. The number of carbonyl (C=O) groups is 1. The third-order valence-electron chi connectivity index (χ3n) is 6.53. The summed E-state index contributed by atoms with van der Waals surface area (Å²) < 4.78 is 7.19. The second-order valence-corrected chi connectivity index (χ2v) is 10.1. The Morgan fingerprint density at radius 1 is 1.22 bits per heavy atom. The van der Waals surface area contributed by atoms with E-state index in [9.17, 15) is 9.90 Å². The van der Waals surface area contributed by atoms with Crippen LogP contribution in [-0.4, -0.2) is 29.2 Å². The van der Waals surface area contributed by atoms with E-state index in [0.29, 0.717) is 8.67 Å². The van der Waals surface area contributed by atoms with Crippen LogP contribution < -0.4 is 0 Å². The van der Waals surface area contributed by atoms with Crippen LogP contribution in [0.4, 0.5) is 0 Å². The molecule has 1 aromatic carbocycles. The zero-order chi connectivity index (χ0) is 18.9. The number of benzene rings is 1. The maximum absolute atomic E-state index is 13.3. The van der Waals surface area contributed by atoms with Gasteiger partial charge in [0.2, 0.25) is 0 Å². The maximum Gasteiger partial charge on any atom is 0.149 e. The van der Waals surface area contributed by atoms with Crippen molar-refractivity contribution in [1.82, 2.24) is 0 Å². The molecule has 3 heterocycles. The minimum absolute atomic E-state index is 0.00876. The molecule has 5 rings (SSSR count). The summed E-state index contributed by atoms with van der Waals surface area (Å²) in [6.07, 6.45) is 2.03. The lowest BCUT2D eigenvalue weighted by molar-refractivity contribution is -0.124. The number of ether oxygens (including phenoxy) is 1. The fourth-order valence-corrected chi connectivity index (χ4v) is 6.87. The highest BCUT2D eigenvalue weighted by atomic mass is 35.5.